The van der Waals surface area contributed by atoms with Gasteiger partial charge in [0, 0.05) is 28.7 Å². The first-order valence-corrected chi connectivity index (χ1v) is 8.20. The Kier molecular flexibility index (Phi) is 4.31. The molecule has 8 heteroatoms. The van der Waals surface area contributed by atoms with Gasteiger partial charge in [-0.1, -0.05) is 12.1 Å². The third-order valence-electron chi connectivity index (χ3n) is 4.07. The van der Waals surface area contributed by atoms with Gasteiger partial charge in [-0.25, -0.2) is 0 Å². The highest BCUT2D eigenvalue weighted by Crippen LogP contribution is 2.33. The number of carbonyl (C=O) groups excluding carboxylic acids is 1. The van der Waals surface area contributed by atoms with E-state index in [4.69, 9.17) is 0 Å². The van der Waals surface area contributed by atoms with E-state index in [0.29, 0.717) is 22.2 Å². The fourth-order valence-electron chi connectivity index (χ4n) is 2.86. The molecule has 4 rings (SSSR count). The Labute approximate surface area is 156 Å². The number of rotatable bonds is 3. The zero-order valence-corrected chi connectivity index (χ0v) is 14.2. The molecule has 28 heavy (non-hydrogen) atoms. The summed E-state index contributed by atoms with van der Waals surface area (Å²) in [6.07, 6.45) is -1.86. The molecule has 2 aromatic carbocycles. The number of benzene rings is 2. The van der Waals surface area contributed by atoms with Crippen LogP contribution in [0.15, 0.2) is 67.0 Å². The van der Waals surface area contributed by atoms with Crippen LogP contribution in [0.1, 0.15) is 10.4 Å². The van der Waals surface area contributed by atoms with Crippen molar-refractivity contribution in [2.24, 2.45) is 0 Å². The maximum absolute atomic E-state index is 12.6. The van der Waals surface area contributed by atoms with Crippen LogP contribution in [-0.2, 0) is 0 Å². The molecule has 1 amide bonds. The Bertz CT molecular complexity index is 1190. The molecule has 0 atom stereocenters. The van der Waals surface area contributed by atoms with E-state index in [1.54, 1.807) is 42.6 Å². The highest BCUT2D eigenvalue weighted by atomic mass is 19.4. The van der Waals surface area contributed by atoms with Crippen molar-refractivity contribution in [3.8, 4) is 5.75 Å². The zero-order valence-electron chi connectivity index (χ0n) is 14.2. The summed E-state index contributed by atoms with van der Waals surface area (Å²) in [4.78, 5) is 20.8. The van der Waals surface area contributed by atoms with Crippen LogP contribution < -0.4 is 10.1 Å². The number of carbonyl (C=O) groups is 1. The number of halogens is 3. The molecule has 4 aromatic rings. The van der Waals surface area contributed by atoms with Crippen LogP contribution in [0.3, 0.4) is 0 Å². The minimum absolute atomic E-state index is 0.00203. The van der Waals surface area contributed by atoms with E-state index in [1.165, 1.54) is 12.3 Å². The minimum atomic E-state index is -4.84. The van der Waals surface area contributed by atoms with Gasteiger partial charge in [0.2, 0.25) is 0 Å². The van der Waals surface area contributed by atoms with Gasteiger partial charge in [-0.05, 0) is 42.5 Å². The van der Waals surface area contributed by atoms with Gasteiger partial charge in [0.1, 0.15) is 5.52 Å². The molecule has 0 fully saturated rings. The van der Waals surface area contributed by atoms with Crippen LogP contribution >= 0.6 is 0 Å². The third-order valence-corrected chi connectivity index (χ3v) is 4.07. The smallest absolute Gasteiger partial charge is 0.403 e. The normalized spacial score (nSPS) is 11.5. The molecule has 5 nitrogen and oxygen atoms in total. The Morgan fingerprint density at radius 3 is 2.57 bits per heavy atom. The molecule has 0 aliphatic carbocycles. The van der Waals surface area contributed by atoms with E-state index >= 15 is 0 Å². The highest BCUT2D eigenvalue weighted by Gasteiger charge is 2.32. The number of anilines is 1. The molecule has 140 valence electrons. The summed E-state index contributed by atoms with van der Waals surface area (Å²) in [5, 5.41) is 3.93. The number of aromatic nitrogens is 2. The summed E-state index contributed by atoms with van der Waals surface area (Å²) in [6, 6.07) is 14.3. The van der Waals surface area contributed by atoms with Gasteiger partial charge < -0.3 is 10.1 Å². The average molecular weight is 383 g/mol. The summed E-state index contributed by atoms with van der Waals surface area (Å²) in [5.74, 6) is -0.849. The van der Waals surface area contributed by atoms with Crippen LogP contribution in [0.2, 0.25) is 0 Å². The second-order valence-corrected chi connectivity index (χ2v) is 5.92. The Hall–Kier alpha value is -3.68. The van der Waals surface area contributed by atoms with Crippen LogP contribution in [0.25, 0.3) is 21.8 Å². The van der Waals surface area contributed by atoms with Gasteiger partial charge in [0.05, 0.1) is 11.2 Å². The molecule has 0 saturated heterocycles. The van der Waals surface area contributed by atoms with Gasteiger partial charge in [-0.3, -0.25) is 14.8 Å². The number of hydrogen-bond donors (Lipinski definition) is 1. The molecular formula is C20H12F3N3O2. The maximum atomic E-state index is 12.6. The van der Waals surface area contributed by atoms with E-state index < -0.39 is 18.0 Å². The molecule has 0 aliphatic rings. The fraction of sp³-hybridized carbons (Fsp3) is 0.0500. The summed E-state index contributed by atoms with van der Waals surface area (Å²) in [5.41, 5.74) is 1.36. The highest BCUT2D eigenvalue weighted by molar-refractivity contribution is 6.10. The second-order valence-electron chi connectivity index (χ2n) is 5.92. The van der Waals surface area contributed by atoms with E-state index in [-0.39, 0.29) is 5.52 Å². The Balaban J connectivity index is 1.69. The lowest BCUT2D eigenvalue weighted by atomic mass is 10.1. The Morgan fingerprint density at radius 1 is 0.964 bits per heavy atom. The summed E-state index contributed by atoms with van der Waals surface area (Å²) in [7, 11) is 0. The number of alkyl halides is 3. The number of amides is 1. The maximum Gasteiger partial charge on any atom is 0.573 e. The van der Waals surface area contributed by atoms with E-state index in [9.17, 15) is 18.0 Å². The largest absolute Gasteiger partial charge is 0.573 e. The monoisotopic (exact) mass is 383 g/mol. The topological polar surface area (TPSA) is 64.1 Å². The number of nitrogens with one attached hydrogen (secondary N) is 1. The lowest BCUT2D eigenvalue weighted by molar-refractivity contribution is -0.274. The van der Waals surface area contributed by atoms with Crippen molar-refractivity contribution in [1.29, 1.82) is 0 Å². The van der Waals surface area contributed by atoms with Crippen molar-refractivity contribution >= 4 is 33.4 Å². The van der Waals surface area contributed by atoms with Crippen LogP contribution in [0, 0.1) is 0 Å². The number of nitrogens with zero attached hydrogens (tertiary/aromatic N) is 2. The van der Waals surface area contributed by atoms with Gasteiger partial charge in [-0.15, -0.1) is 13.2 Å². The molecule has 2 aromatic heterocycles. The van der Waals surface area contributed by atoms with Crippen molar-refractivity contribution in [2.45, 2.75) is 6.36 Å². The van der Waals surface area contributed by atoms with Crippen LogP contribution in [-0.4, -0.2) is 22.2 Å². The molecule has 1 N–H and O–H groups in total. The van der Waals surface area contributed by atoms with Crippen molar-refractivity contribution in [3.05, 3.63) is 72.6 Å². The predicted octanol–water partition coefficient (Wildman–Crippen LogP) is 4.93. The van der Waals surface area contributed by atoms with Crippen molar-refractivity contribution in [2.75, 3.05) is 5.32 Å². The third kappa shape index (κ3) is 3.57. The van der Waals surface area contributed by atoms with Crippen molar-refractivity contribution in [1.82, 2.24) is 9.97 Å². The number of fused-ring (bicyclic) bond motifs is 2. The first-order chi connectivity index (χ1) is 13.4. The number of hydrogen-bond acceptors (Lipinski definition) is 4. The molecule has 0 aliphatic heterocycles. The lowest BCUT2D eigenvalue weighted by Gasteiger charge is -2.14. The second kappa shape index (κ2) is 6.80. The van der Waals surface area contributed by atoms with Gasteiger partial charge >= 0.3 is 6.36 Å². The van der Waals surface area contributed by atoms with Crippen molar-refractivity contribution in [3.63, 3.8) is 0 Å². The van der Waals surface area contributed by atoms with E-state index in [1.807, 2.05) is 6.07 Å². The predicted molar refractivity (Wildman–Crippen MR) is 98.1 cm³/mol. The van der Waals surface area contributed by atoms with Gasteiger partial charge in [-0.2, -0.15) is 0 Å². The minimum Gasteiger partial charge on any atom is -0.403 e. The summed E-state index contributed by atoms with van der Waals surface area (Å²) >= 11 is 0. The standard InChI is InChI=1S/C20H12F3N3O2/c21-20(22,23)28-17-8-7-15(14-4-2-10-25-18(14)17)26-19(27)13-6-5-12-3-1-9-24-16(12)11-13/h1-11H,(H,26,27). The lowest BCUT2D eigenvalue weighted by Crippen LogP contribution is -2.18. The molecule has 2 heterocycles. The number of pyridine rings is 2. The molecule has 0 radical (unpaired) electrons. The first kappa shape index (κ1) is 17.7. The van der Waals surface area contributed by atoms with E-state index in [2.05, 4.69) is 20.0 Å². The number of ether oxygens (including phenoxy) is 1. The Morgan fingerprint density at radius 2 is 1.75 bits per heavy atom. The SMILES string of the molecule is O=C(Nc1ccc(OC(F)(F)F)c2ncccc12)c1ccc2cccnc2c1. The van der Waals surface area contributed by atoms with E-state index in [0.717, 1.165) is 11.5 Å². The van der Waals surface area contributed by atoms with Crippen molar-refractivity contribution < 1.29 is 22.7 Å². The van der Waals surface area contributed by atoms with Gasteiger partial charge in [0.25, 0.3) is 5.91 Å². The molecule has 0 bridgehead atoms. The summed E-state index contributed by atoms with van der Waals surface area (Å²) in [6.45, 7) is 0. The van der Waals surface area contributed by atoms with Crippen LogP contribution in [0.4, 0.5) is 18.9 Å². The fourth-order valence-corrected chi connectivity index (χ4v) is 2.86. The molecule has 0 spiro atoms. The van der Waals surface area contributed by atoms with Crippen LogP contribution in [0.5, 0.6) is 5.75 Å². The molecular weight excluding hydrogens is 371 g/mol. The molecule has 0 unspecified atom stereocenters. The first-order valence-electron chi connectivity index (χ1n) is 8.20. The molecule has 0 saturated carbocycles. The quantitative estimate of drug-likeness (QED) is 0.545. The summed E-state index contributed by atoms with van der Waals surface area (Å²) < 4.78 is 41.8. The zero-order chi connectivity index (χ0) is 19.7. The average Bonchev–Trinajstić information content (AvgIpc) is 2.68. The van der Waals surface area contributed by atoms with Gasteiger partial charge in [0.15, 0.2) is 5.75 Å².